The molecular weight excluding hydrogens is 240 g/mol. The van der Waals surface area contributed by atoms with Crippen molar-refractivity contribution in [3.05, 3.63) is 11.9 Å². The molecule has 0 bridgehead atoms. The first-order chi connectivity index (χ1) is 8.99. The molecule has 1 aliphatic rings. The second kappa shape index (κ2) is 5.63. The molecule has 1 fully saturated rings. The lowest BCUT2D eigenvalue weighted by Crippen LogP contribution is -2.41. The maximum atomic E-state index is 12.7. The van der Waals surface area contributed by atoms with Crippen LogP contribution in [-0.2, 0) is 7.05 Å². The monoisotopic (exact) mass is 264 g/mol. The summed E-state index contributed by atoms with van der Waals surface area (Å²) in [6, 6.07) is 0.358. The molecule has 5 nitrogen and oxygen atoms in total. The van der Waals surface area contributed by atoms with Crippen LogP contribution >= 0.6 is 0 Å². The minimum Gasteiger partial charge on any atom is -0.396 e. The van der Waals surface area contributed by atoms with Gasteiger partial charge >= 0.3 is 0 Å². The predicted octanol–water partition coefficient (Wildman–Crippen LogP) is 2.04. The lowest BCUT2D eigenvalue weighted by atomic mass is 10.1. The maximum Gasteiger partial charge on any atom is 0.276 e. The van der Waals surface area contributed by atoms with E-state index in [1.807, 2.05) is 4.90 Å². The number of rotatable bonds is 4. The van der Waals surface area contributed by atoms with Gasteiger partial charge < -0.3 is 10.6 Å². The maximum absolute atomic E-state index is 12.7. The molecule has 0 aromatic carbocycles. The Hall–Kier alpha value is -1.52. The first-order valence-corrected chi connectivity index (χ1v) is 7.09. The van der Waals surface area contributed by atoms with Gasteiger partial charge in [0.1, 0.15) is 0 Å². The Morgan fingerprint density at radius 3 is 2.63 bits per heavy atom. The third-order valence-corrected chi connectivity index (χ3v) is 3.65. The molecule has 2 N–H and O–H groups in total. The number of nitrogens with zero attached hydrogens (tertiary/aromatic N) is 3. The van der Waals surface area contributed by atoms with Crippen LogP contribution in [0.25, 0.3) is 0 Å². The number of carbonyl (C=O) groups is 1. The van der Waals surface area contributed by atoms with Gasteiger partial charge in [-0.05, 0) is 18.8 Å². The fraction of sp³-hybridized carbons (Fsp3) is 0.714. The van der Waals surface area contributed by atoms with Gasteiger partial charge in [0.2, 0.25) is 0 Å². The summed E-state index contributed by atoms with van der Waals surface area (Å²) in [4.78, 5) is 14.7. The number of anilines is 1. The molecule has 106 valence electrons. The van der Waals surface area contributed by atoms with Crippen molar-refractivity contribution in [1.29, 1.82) is 0 Å². The van der Waals surface area contributed by atoms with Gasteiger partial charge in [-0.2, -0.15) is 5.10 Å². The van der Waals surface area contributed by atoms with Crippen molar-refractivity contribution >= 4 is 11.6 Å². The fourth-order valence-corrected chi connectivity index (χ4v) is 2.82. The number of aryl methyl sites for hydroxylation is 1. The van der Waals surface area contributed by atoms with Crippen molar-refractivity contribution in [3.8, 4) is 0 Å². The Kier molecular flexibility index (Phi) is 4.12. The van der Waals surface area contributed by atoms with Crippen LogP contribution in [0.4, 0.5) is 5.69 Å². The van der Waals surface area contributed by atoms with Crippen molar-refractivity contribution in [3.63, 3.8) is 0 Å². The summed E-state index contributed by atoms with van der Waals surface area (Å²) in [5.41, 5.74) is 6.75. The molecule has 5 heteroatoms. The highest BCUT2D eigenvalue weighted by Crippen LogP contribution is 2.26. The molecule has 19 heavy (non-hydrogen) atoms. The Morgan fingerprint density at radius 2 is 2.16 bits per heavy atom. The van der Waals surface area contributed by atoms with Gasteiger partial charge in [0.25, 0.3) is 5.91 Å². The molecule has 2 rings (SSSR count). The molecule has 0 saturated heterocycles. The van der Waals surface area contributed by atoms with E-state index in [2.05, 4.69) is 18.9 Å². The zero-order valence-corrected chi connectivity index (χ0v) is 12.1. The van der Waals surface area contributed by atoms with E-state index in [4.69, 9.17) is 5.73 Å². The van der Waals surface area contributed by atoms with Gasteiger partial charge in [-0.25, -0.2) is 0 Å². The van der Waals surface area contributed by atoms with Crippen molar-refractivity contribution < 1.29 is 4.79 Å². The van der Waals surface area contributed by atoms with Gasteiger partial charge in [0.05, 0.1) is 5.69 Å². The summed E-state index contributed by atoms with van der Waals surface area (Å²) in [5.74, 6) is 0.438. The smallest absolute Gasteiger partial charge is 0.276 e. The van der Waals surface area contributed by atoms with Crippen LogP contribution in [0.15, 0.2) is 6.20 Å². The molecule has 0 aliphatic heterocycles. The van der Waals surface area contributed by atoms with Crippen LogP contribution in [0.5, 0.6) is 0 Å². The lowest BCUT2D eigenvalue weighted by molar-refractivity contribution is 0.0649. The Morgan fingerprint density at radius 1 is 1.53 bits per heavy atom. The molecule has 1 saturated carbocycles. The van der Waals surface area contributed by atoms with Crippen molar-refractivity contribution in [1.82, 2.24) is 14.7 Å². The Balaban J connectivity index is 2.21. The van der Waals surface area contributed by atoms with E-state index in [-0.39, 0.29) is 5.91 Å². The summed E-state index contributed by atoms with van der Waals surface area (Å²) < 4.78 is 1.60. The number of hydrogen-bond donors (Lipinski definition) is 1. The summed E-state index contributed by atoms with van der Waals surface area (Å²) >= 11 is 0. The second-order valence-electron chi connectivity index (χ2n) is 5.90. The van der Waals surface area contributed by atoms with Gasteiger partial charge in [-0.1, -0.05) is 26.7 Å². The number of nitrogen functional groups attached to an aromatic ring is 1. The zero-order chi connectivity index (χ0) is 14.0. The van der Waals surface area contributed by atoms with E-state index in [0.29, 0.717) is 23.3 Å². The minimum atomic E-state index is -0.0151. The summed E-state index contributed by atoms with van der Waals surface area (Å²) in [6.07, 6.45) is 6.32. The number of hydrogen-bond acceptors (Lipinski definition) is 3. The van der Waals surface area contributed by atoms with Crippen molar-refractivity contribution in [2.75, 3.05) is 12.3 Å². The molecule has 1 aromatic rings. The Labute approximate surface area is 114 Å². The van der Waals surface area contributed by atoms with Crippen LogP contribution in [0, 0.1) is 5.92 Å². The number of carbonyl (C=O) groups excluding carboxylic acids is 1. The third-order valence-electron chi connectivity index (χ3n) is 3.65. The summed E-state index contributed by atoms with van der Waals surface area (Å²) in [6.45, 7) is 5.05. The minimum absolute atomic E-state index is 0.0151. The molecule has 0 unspecified atom stereocenters. The van der Waals surface area contributed by atoms with Gasteiger partial charge in [0, 0.05) is 25.8 Å². The topological polar surface area (TPSA) is 64.2 Å². The van der Waals surface area contributed by atoms with E-state index in [1.165, 1.54) is 12.8 Å². The first kappa shape index (κ1) is 13.9. The molecule has 1 heterocycles. The molecule has 0 atom stereocenters. The van der Waals surface area contributed by atoms with E-state index < -0.39 is 0 Å². The van der Waals surface area contributed by atoms with Gasteiger partial charge in [-0.3, -0.25) is 9.48 Å². The molecular formula is C14H24N4O. The number of nitrogens with two attached hydrogens (primary N) is 1. The highest BCUT2D eigenvalue weighted by atomic mass is 16.2. The first-order valence-electron chi connectivity index (χ1n) is 7.09. The van der Waals surface area contributed by atoms with Crippen molar-refractivity contribution in [2.24, 2.45) is 13.0 Å². The van der Waals surface area contributed by atoms with Gasteiger partial charge in [-0.15, -0.1) is 0 Å². The van der Waals surface area contributed by atoms with E-state index in [9.17, 15) is 4.79 Å². The standard InChI is InChI=1S/C14H24N4O/c1-10(2)8-18(11-6-4-5-7-11)14(19)13-12(15)9-17(3)16-13/h9-11H,4-8,15H2,1-3H3. The van der Waals surface area contributed by atoms with Crippen LogP contribution in [-0.4, -0.2) is 33.2 Å². The van der Waals surface area contributed by atoms with Crippen LogP contribution < -0.4 is 5.73 Å². The molecule has 0 spiro atoms. The largest absolute Gasteiger partial charge is 0.396 e. The quantitative estimate of drug-likeness (QED) is 0.905. The average Bonchev–Trinajstić information content (AvgIpc) is 2.94. The molecule has 1 aromatic heterocycles. The third kappa shape index (κ3) is 3.08. The predicted molar refractivity (Wildman–Crippen MR) is 75.8 cm³/mol. The summed E-state index contributed by atoms with van der Waals surface area (Å²) in [5, 5.41) is 4.21. The fourth-order valence-electron chi connectivity index (χ4n) is 2.82. The molecule has 0 radical (unpaired) electrons. The highest BCUT2D eigenvalue weighted by molar-refractivity contribution is 5.97. The van der Waals surface area contributed by atoms with E-state index >= 15 is 0 Å². The number of amides is 1. The molecule has 1 aliphatic carbocycles. The Bertz CT molecular complexity index is 446. The van der Waals surface area contributed by atoms with Crippen LogP contribution in [0.3, 0.4) is 0 Å². The zero-order valence-electron chi connectivity index (χ0n) is 12.1. The second-order valence-corrected chi connectivity index (χ2v) is 5.90. The normalized spacial score (nSPS) is 16.2. The van der Waals surface area contributed by atoms with Crippen LogP contribution in [0.1, 0.15) is 50.0 Å². The average molecular weight is 264 g/mol. The van der Waals surface area contributed by atoms with Crippen molar-refractivity contribution in [2.45, 2.75) is 45.6 Å². The SMILES string of the molecule is CC(C)CN(C(=O)c1nn(C)cc1N)C1CCCC1. The van der Waals surface area contributed by atoms with Crippen LogP contribution in [0.2, 0.25) is 0 Å². The van der Waals surface area contributed by atoms with Gasteiger partial charge in [0.15, 0.2) is 5.69 Å². The molecule has 1 amide bonds. The number of aromatic nitrogens is 2. The van der Waals surface area contributed by atoms with E-state index in [0.717, 1.165) is 19.4 Å². The highest BCUT2D eigenvalue weighted by Gasteiger charge is 2.30. The lowest BCUT2D eigenvalue weighted by Gasteiger charge is -2.30. The van der Waals surface area contributed by atoms with E-state index in [1.54, 1.807) is 17.9 Å². The summed E-state index contributed by atoms with van der Waals surface area (Å²) in [7, 11) is 1.79.